The highest BCUT2D eigenvalue weighted by molar-refractivity contribution is 6.33. The van der Waals surface area contributed by atoms with Crippen molar-refractivity contribution in [3.8, 4) is 11.3 Å². The Hall–Kier alpha value is -2.64. The second-order valence-corrected chi connectivity index (χ2v) is 8.48. The van der Waals surface area contributed by atoms with Crippen molar-refractivity contribution in [1.82, 2.24) is 25.2 Å². The molecule has 3 N–H and O–H groups in total. The summed E-state index contributed by atoms with van der Waals surface area (Å²) in [6, 6.07) is 8.22. The van der Waals surface area contributed by atoms with Crippen LogP contribution in [0.2, 0.25) is 5.02 Å². The van der Waals surface area contributed by atoms with Crippen molar-refractivity contribution in [2.24, 2.45) is 5.92 Å². The van der Waals surface area contributed by atoms with E-state index in [9.17, 15) is 4.79 Å². The van der Waals surface area contributed by atoms with Gasteiger partial charge in [0.15, 0.2) is 0 Å². The van der Waals surface area contributed by atoms with E-state index in [2.05, 4.69) is 20.6 Å². The van der Waals surface area contributed by atoms with Crippen molar-refractivity contribution in [3.05, 3.63) is 41.7 Å². The zero-order valence-corrected chi connectivity index (χ0v) is 17.5. The molecule has 1 aromatic carbocycles. The summed E-state index contributed by atoms with van der Waals surface area (Å²) >= 11 is 6.43. The first kappa shape index (κ1) is 19.3. The fourth-order valence-corrected chi connectivity index (χ4v) is 4.67. The van der Waals surface area contributed by atoms with E-state index in [0.29, 0.717) is 23.2 Å². The minimum atomic E-state index is 0.146. The van der Waals surface area contributed by atoms with Gasteiger partial charge >= 0.3 is 0 Å². The van der Waals surface area contributed by atoms with E-state index >= 15 is 0 Å². The number of rotatable bonds is 4. The Morgan fingerprint density at radius 2 is 2.03 bits per heavy atom. The first-order valence-electron chi connectivity index (χ1n) is 10.5. The van der Waals surface area contributed by atoms with E-state index in [1.54, 1.807) is 6.20 Å². The maximum atomic E-state index is 12.8. The topological polar surface area (TPSA) is 85.9 Å². The van der Waals surface area contributed by atoms with Crippen LogP contribution in [0.5, 0.6) is 0 Å². The average molecular weight is 425 g/mol. The number of fused-ring (bicyclic) bond motifs is 1. The maximum absolute atomic E-state index is 12.8. The van der Waals surface area contributed by atoms with Crippen LogP contribution in [0.3, 0.4) is 0 Å². The van der Waals surface area contributed by atoms with Gasteiger partial charge in [0, 0.05) is 47.7 Å². The zero-order valence-electron chi connectivity index (χ0n) is 16.7. The highest BCUT2D eigenvalue weighted by Gasteiger charge is 2.31. The molecule has 2 aromatic heterocycles. The quantitative estimate of drug-likeness (QED) is 0.598. The minimum absolute atomic E-state index is 0.146. The van der Waals surface area contributed by atoms with Crippen molar-refractivity contribution in [3.63, 3.8) is 0 Å². The van der Waals surface area contributed by atoms with E-state index in [0.717, 1.165) is 55.4 Å². The molecule has 156 valence electrons. The summed E-state index contributed by atoms with van der Waals surface area (Å²) in [4.78, 5) is 27.1. The van der Waals surface area contributed by atoms with Gasteiger partial charge in [0.05, 0.1) is 16.9 Å². The molecule has 3 aromatic rings. The third kappa shape index (κ3) is 3.75. The lowest BCUT2D eigenvalue weighted by Crippen LogP contribution is -2.40. The third-order valence-electron chi connectivity index (χ3n) is 6.11. The number of H-pyrrole nitrogens is 1. The van der Waals surface area contributed by atoms with Crippen LogP contribution in [0.15, 0.2) is 36.7 Å². The van der Waals surface area contributed by atoms with E-state index in [1.165, 1.54) is 0 Å². The van der Waals surface area contributed by atoms with E-state index < -0.39 is 0 Å². The molecular formula is C22H25ClN6O. The molecule has 4 heterocycles. The SMILES string of the molecule is O=C(C1CCNCC1)N1CC[C@@H](Nc2ncc(Cl)c(-c3c[nH]c4ccccc34)n2)C1. The van der Waals surface area contributed by atoms with Gasteiger partial charge in [0.1, 0.15) is 0 Å². The first-order chi connectivity index (χ1) is 14.7. The van der Waals surface area contributed by atoms with Crippen LogP contribution in [0, 0.1) is 5.92 Å². The number of halogens is 1. The van der Waals surface area contributed by atoms with Crippen molar-refractivity contribution in [2.45, 2.75) is 25.3 Å². The number of likely N-dealkylation sites (tertiary alicyclic amines) is 1. The molecule has 2 fully saturated rings. The molecule has 2 aliphatic rings. The number of aromatic nitrogens is 3. The lowest BCUT2D eigenvalue weighted by atomic mass is 9.97. The summed E-state index contributed by atoms with van der Waals surface area (Å²) in [5.74, 6) is 0.989. The smallest absolute Gasteiger partial charge is 0.225 e. The van der Waals surface area contributed by atoms with Crippen LogP contribution in [0.25, 0.3) is 22.2 Å². The number of piperidine rings is 1. The van der Waals surface area contributed by atoms with Crippen LogP contribution in [0.1, 0.15) is 19.3 Å². The number of aromatic amines is 1. The molecule has 30 heavy (non-hydrogen) atoms. The lowest BCUT2D eigenvalue weighted by molar-refractivity contribution is -0.135. The Labute approximate surface area is 180 Å². The molecule has 0 bridgehead atoms. The molecule has 0 aliphatic carbocycles. The fraction of sp³-hybridized carbons (Fsp3) is 0.409. The predicted octanol–water partition coefficient (Wildman–Crippen LogP) is 3.29. The first-order valence-corrected chi connectivity index (χ1v) is 10.9. The summed E-state index contributed by atoms with van der Waals surface area (Å²) in [5.41, 5.74) is 2.70. The number of carbonyl (C=O) groups is 1. The van der Waals surface area contributed by atoms with Crippen LogP contribution in [0.4, 0.5) is 5.95 Å². The monoisotopic (exact) mass is 424 g/mol. The third-order valence-corrected chi connectivity index (χ3v) is 6.39. The van der Waals surface area contributed by atoms with Gasteiger partial charge in [-0.15, -0.1) is 0 Å². The van der Waals surface area contributed by atoms with Gasteiger partial charge in [-0.25, -0.2) is 9.97 Å². The van der Waals surface area contributed by atoms with Gasteiger partial charge in [0.25, 0.3) is 0 Å². The molecule has 7 nitrogen and oxygen atoms in total. The molecule has 8 heteroatoms. The summed E-state index contributed by atoms with van der Waals surface area (Å²) < 4.78 is 0. The highest BCUT2D eigenvalue weighted by atomic mass is 35.5. The van der Waals surface area contributed by atoms with E-state index in [4.69, 9.17) is 16.6 Å². The Kier molecular flexibility index (Phi) is 5.31. The summed E-state index contributed by atoms with van der Waals surface area (Å²) in [7, 11) is 0. The van der Waals surface area contributed by atoms with Crippen molar-refractivity contribution in [1.29, 1.82) is 0 Å². The number of amides is 1. The molecule has 1 amide bonds. The summed E-state index contributed by atoms with van der Waals surface area (Å²) in [6.07, 6.45) is 6.33. The Balaban J connectivity index is 1.30. The average Bonchev–Trinajstić information content (AvgIpc) is 3.42. The number of carbonyl (C=O) groups excluding carboxylic acids is 1. The van der Waals surface area contributed by atoms with Gasteiger partial charge in [0.2, 0.25) is 11.9 Å². The Bertz CT molecular complexity index is 1060. The molecule has 0 spiro atoms. The minimum Gasteiger partial charge on any atom is -0.360 e. The number of hydrogen-bond donors (Lipinski definition) is 3. The van der Waals surface area contributed by atoms with Crippen molar-refractivity contribution >= 4 is 34.4 Å². The predicted molar refractivity (Wildman–Crippen MR) is 119 cm³/mol. The van der Waals surface area contributed by atoms with E-state index in [-0.39, 0.29) is 17.9 Å². The fourth-order valence-electron chi connectivity index (χ4n) is 4.48. The second-order valence-electron chi connectivity index (χ2n) is 8.08. The standard InChI is InChI=1S/C22H25ClN6O/c23-18-12-26-22(28-20(18)17-11-25-19-4-2-1-3-16(17)19)27-15-7-10-29(13-15)21(30)14-5-8-24-9-6-14/h1-4,11-12,14-15,24-25H,5-10,13H2,(H,26,27,28)/t15-/m1/s1. The largest absolute Gasteiger partial charge is 0.360 e. The summed E-state index contributed by atoms with van der Waals surface area (Å²) in [5, 5.41) is 8.32. The highest BCUT2D eigenvalue weighted by Crippen LogP contribution is 2.32. The lowest BCUT2D eigenvalue weighted by Gasteiger charge is -2.26. The van der Waals surface area contributed by atoms with Crippen LogP contribution in [-0.4, -0.2) is 58.0 Å². The zero-order chi connectivity index (χ0) is 20.5. The van der Waals surface area contributed by atoms with Gasteiger partial charge in [-0.3, -0.25) is 4.79 Å². The number of nitrogens with one attached hydrogen (secondary N) is 3. The van der Waals surface area contributed by atoms with Gasteiger partial charge in [-0.05, 0) is 38.4 Å². The number of hydrogen-bond acceptors (Lipinski definition) is 5. The van der Waals surface area contributed by atoms with Gasteiger partial charge in [-0.2, -0.15) is 0 Å². The summed E-state index contributed by atoms with van der Waals surface area (Å²) in [6.45, 7) is 3.34. The molecule has 0 saturated carbocycles. The number of benzene rings is 1. The van der Waals surface area contributed by atoms with Crippen molar-refractivity contribution < 1.29 is 4.79 Å². The van der Waals surface area contributed by atoms with E-state index in [1.807, 2.05) is 35.4 Å². The maximum Gasteiger partial charge on any atom is 0.225 e. The number of nitrogens with zero attached hydrogens (tertiary/aromatic N) is 3. The van der Waals surface area contributed by atoms with Crippen molar-refractivity contribution in [2.75, 3.05) is 31.5 Å². The molecular weight excluding hydrogens is 400 g/mol. The molecule has 5 rings (SSSR count). The van der Waals surface area contributed by atoms with Crippen LogP contribution in [-0.2, 0) is 4.79 Å². The van der Waals surface area contributed by atoms with Crippen LogP contribution < -0.4 is 10.6 Å². The van der Waals surface area contributed by atoms with Crippen LogP contribution >= 0.6 is 11.6 Å². The van der Waals surface area contributed by atoms with Gasteiger partial charge < -0.3 is 20.5 Å². The molecule has 0 unspecified atom stereocenters. The number of anilines is 1. The number of para-hydroxylation sites is 1. The Morgan fingerprint density at radius 1 is 1.20 bits per heavy atom. The normalized spacial score (nSPS) is 20.0. The molecule has 2 saturated heterocycles. The molecule has 1 atom stereocenters. The second kappa shape index (κ2) is 8.24. The van der Waals surface area contributed by atoms with Gasteiger partial charge in [-0.1, -0.05) is 29.8 Å². The Morgan fingerprint density at radius 3 is 2.90 bits per heavy atom. The molecule has 2 aliphatic heterocycles. The molecule has 0 radical (unpaired) electrons.